The van der Waals surface area contributed by atoms with Crippen molar-refractivity contribution in [3.05, 3.63) is 76.3 Å². The van der Waals surface area contributed by atoms with Crippen molar-refractivity contribution in [2.24, 2.45) is 5.92 Å². The van der Waals surface area contributed by atoms with Gasteiger partial charge in [-0.1, -0.05) is 54.9 Å². The SMILES string of the molecule is C[C@@H](/C=C/CC(=O)N1Cc2ccccc2C[C@H]1CO)[C@]1(O)C(=O)Nc2ccc(Cl)cc21. The minimum atomic E-state index is -1.75. The number of nitrogens with zero attached hydrogens (tertiary/aromatic N) is 1. The number of carbonyl (C=O) groups excluding carboxylic acids is 2. The van der Waals surface area contributed by atoms with Gasteiger partial charge in [-0.05, 0) is 35.7 Å². The number of fused-ring (bicyclic) bond motifs is 2. The summed E-state index contributed by atoms with van der Waals surface area (Å²) >= 11 is 6.06. The van der Waals surface area contributed by atoms with Crippen molar-refractivity contribution < 1.29 is 19.8 Å². The zero-order chi connectivity index (χ0) is 22.2. The Morgan fingerprint density at radius 1 is 1.32 bits per heavy atom. The number of aliphatic hydroxyl groups excluding tert-OH is 1. The number of anilines is 1. The Hall–Kier alpha value is -2.67. The lowest BCUT2D eigenvalue weighted by atomic mass is 9.83. The molecule has 0 fully saturated rings. The number of hydrogen-bond donors (Lipinski definition) is 3. The van der Waals surface area contributed by atoms with Crippen LogP contribution in [-0.4, -0.2) is 39.6 Å². The maximum Gasteiger partial charge on any atom is 0.261 e. The van der Waals surface area contributed by atoms with Crippen molar-refractivity contribution in [3.8, 4) is 0 Å². The topological polar surface area (TPSA) is 89.9 Å². The maximum atomic E-state index is 12.9. The van der Waals surface area contributed by atoms with E-state index in [0.29, 0.717) is 29.2 Å². The molecule has 0 unspecified atom stereocenters. The number of hydrogen-bond acceptors (Lipinski definition) is 4. The van der Waals surface area contributed by atoms with E-state index in [1.807, 2.05) is 24.3 Å². The molecular weight excluding hydrogens is 416 g/mol. The van der Waals surface area contributed by atoms with Gasteiger partial charge < -0.3 is 20.4 Å². The van der Waals surface area contributed by atoms with Gasteiger partial charge in [-0.25, -0.2) is 0 Å². The van der Waals surface area contributed by atoms with Crippen molar-refractivity contribution in [1.29, 1.82) is 0 Å². The Morgan fingerprint density at radius 3 is 2.81 bits per heavy atom. The number of carbonyl (C=O) groups is 2. The fourth-order valence-corrected chi connectivity index (χ4v) is 4.58. The van der Waals surface area contributed by atoms with Gasteiger partial charge in [0, 0.05) is 35.2 Å². The summed E-state index contributed by atoms with van der Waals surface area (Å²) in [7, 11) is 0. The standard InChI is InChI=1S/C24H25ClN2O4/c1-15(24(31)20-12-18(25)9-10-21(20)26-23(24)30)5-4-8-22(29)27-13-17-7-3-2-6-16(17)11-19(27)14-28/h2-7,9-10,12,15,19,28,31H,8,11,13-14H2,1H3,(H,26,30)/b5-4+/t15-,19-,24+/m0/s1. The average molecular weight is 441 g/mol. The zero-order valence-electron chi connectivity index (χ0n) is 17.2. The zero-order valence-corrected chi connectivity index (χ0v) is 18.0. The summed E-state index contributed by atoms with van der Waals surface area (Å²) in [6.45, 7) is 2.09. The highest BCUT2D eigenvalue weighted by Crippen LogP contribution is 2.42. The van der Waals surface area contributed by atoms with E-state index >= 15 is 0 Å². The van der Waals surface area contributed by atoms with Crippen LogP contribution in [0.15, 0.2) is 54.6 Å². The van der Waals surface area contributed by atoms with Crippen molar-refractivity contribution >= 4 is 29.1 Å². The Balaban J connectivity index is 1.47. The molecule has 3 N–H and O–H groups in total. The van der Waals surface area contributed by atoms with E-state index in [0.717, 1.165) is 11.1 Å². The first-order valence-electron chi connectivity index (χ1n) is 10.3. The fraction of sp³-hybridized carbons (Fsp3) is 0.333. The van der Waals surface area contributed by atoms with Crippen molar-refractivity contribution in [2.45, 2.75) is 38.0 Å². The number of benzene rings is 2. The van der Waals surface area contributed by atoms with Crippen LogP contribution in [0.25, 0.3) is 0 Å². The second-order valence-electron chi connectivity index (χ2n) is 8.16. The molecule has 2 aliphatic heterocycles. The molecule has 0 radical (unpaired) electrons. The number of halogens is 1. The molecule has 0 saturated heterocycles. The van der Waals surface area contributed by atoms with Crippen LogP contribution in [-0.2, 0) is 28.2 Å². The van der Waals surface area contributed by atoms with Gasteiger partial charge in [-0.3, -0.25) is 9.59 Å². The molecule has 2 amide bonds. The van der Waals surface area contributed by atoms with Gasteiger partial charge in [0.25, 0.3) is 5.91 Å². The third kappa shape index (κ3) is 3.87. The normalized spacial score (nSPS) is 23.4. The van der Waals surface area contributed by atoms with Gasteiger partial charge in [-0.2, -0.15) is 0 Å². The van der Waals surface area contributed by atoms with E-state index < -0.39 is 17.4 Å². The molecule has 31 heavy (non-hydrogen) atoms. The van der Waals surface area contributed by atoms with Gasteiger partial charge in [0.15, 0.2) is 5.60 Å². The summed E-state index contributed by atoms with van der Waals surface area (Å²) in [6.07, 6.45) is 4.09. The molecule has 162 valence electrons. The van der Waals surface area contributed by atoms with Crippen LogP contribution in [0.1, 0.15) is 30.0 Å². The summed E-state index contributed by atoms with van der Waals surface area (Å²) in [4.78, 5) is 27.1. The predicted octanol–water partition coefficient (Wildman–Crippen LogP) is 3.01. The van der Waals surface area contributed by atoms with E-state index in [-0.39, 0.29) is 25.0 Å². The van der Waals surface area contributed by atoms with E-state index in [9.17, 15) is 19.8 Å². The Kier molecular flexibility index (Phi) is 5.88. The van der Waals surface area contributed by atoms with Crippen LogP contribution in [0.4, 0.5) is 5.69 Å². The lowest BCUT2D eigenvalue weighted by Gasteiger charge is -2.36. The second kappa shape index (κ2) is 8.46. The lowest BCUT2D eigenvalue weighted by Crippen LogP contribution is -2.46. The summed E-state index contributed by atoms with van der Waals surface area (Å²) < 4.78 is 0. The monoisotopic (exact) mass is 440 g/mol. The summed E-state index contributed by atoms with van der Waals surface area (Å²) in [5.41, 5.74) is 1.45. The second-order valence-corrected chi connectivity index (χ2v) is 8.60. The molecule has 0 aliphatic carbocycles. The quantitative estimate of drug-likeness (QED) is 0.623. The van der Waals surface area contributed by atoms with E-state index in [2.05, 4.69) is 5.32 Å². The molecule has 3 atom stereocenters. The summed E-state index contributed by atoms with van der Waals surface area (Å²) in [5, 5.41) is 24.0. The molecule has 4 rings (SSSR count). The number of aliphatic hydroxyl groups is 2. The Labute approximate surface area is 186 Å². The van der Waals surface area contributed by atoms with E-state index in [1.54, 1.807) is 42.2 Å². The third-order valence-corrected chi connectivity index (χ3v) is 6.48. The minimum Gasteiger partial charge on any atom is -0.394 e. The van der Waals surface area contributed by atoms with Crippen LogP contribution >= 0.6 is 11.6 Å². The van der Waals surface area contributed by atoms with Crippen LogP contribution < -0.4 is 5.32 Å². The first-order valence-corrected chi connectivity index (χ1v) is 10.7. The Bertz CT molecular complexity index is 1050. The molecule has 7 heteroatoms. The fourth-order valence-electron chi connectivity index (χ4n) is 4.40. The number of amides is 2. The third-order valence-electron chi connectivity index (χ3n) is 6.25. The van der Waals surface area contributed by atoms with Crippen LogP contribution in [0, 0.1) is 5.92 Å². The van der Waals surface area contributed by atoms with Gasteiger partial charge in [0.05, 0.1) is 12.6 Å². The van der Waals surface area contributed by atoms with Crippen LogP contribution in [0.2, 0.25) is 5.02 Å². The molecule has 2 aliphatic rings. The molecular formula is C24H25ClN2O4. The molecule has 2 aromatic rings. The lowest BCUT2D eigenvalue weighted by molar-refractivity contribution is -0.137. The number of nitrogens with one attached hydrogen (secondary N) is 1. The average Bonchev–Trinajstić information content (AvgIpc) is 3.03. The van der Waals surface area contributed by atoms with Crippen molar-refractivity contribution in [1.82, 2.24) is 4.90 Å². The van der Waals surface area contributed by atoms with Gasteiger partial charge in [-0.15, -0.1) is 0 Å². The summed E-state index contributed by atoms with van der Waals surface area (Å²) in [6, 6.07) is 12.6. The predicted molar refractivity (Wildman–Crippen MR) is 118 cm³/mol. The maximum absolute atomic E-state index is 12.9. The molecule has 0 aromatic heterocycles. The highest BCUT2D eigenvalue weighted by atomic mass is 35.5. The molecule has 2 heterocycles. The molecule has 0 bridgehead atoms. The first-order chi connectivity index (χ1) is 14.8. The van der Waals surface area contributed by atoms with Crippen molar-refractivity contribution in [3.63, 3.8) is 0 Å². The molecule has 6 nitrogen and oxygen atoms in total. The number of rotatable bonds is 5. The Morgan fingerprint density at radius 2 is 2.06 bits per heavy atom. The highest BCUT2D eigenvalue weighted by Gasteiger charge is 2.48. The molecule has 0 saturated carbocycles. The first kappa shape index (κ1) is 21.6. The minimum absolute atomic E-state index is 0.0995. The van der Waals surface area contributed by atoms with Gasteiger partial charge in [0.2, 0.25) is 5.91 Å². The van der Waals surface area contributed by atoms with Gasteiger partial charge >= 0.3 is 0 Å². The smallest absolute Gasteiger partial charge is 0.261 e. The molecule has 2 aromatic carbocycles. The van der Waals surface area contributed by atoms with Crippen LogP contribution in [0.5, 0.6) is 0 Å². The van der Waals surface area contributed by atoms with E-state index in [4.69, 9.17) is 11.6 Å². The van der Waals surface area contributed by atoms with Crippen LogP contribution in [0.3, 0.4) is 0 Å². The van der Waals surface area contributed by atoms with E-state index in [1.165, 1.54) is 0 Å². The largest absolute Gasteiger partial charge is 0.394 e. The summed E-state index contributed by atoms with van der Waals surface area (Å²) in [5.74, 6) is -1.19. The van der Waals surface area contributed by atoms with Crippen molar-refractivity contribution in [2.75, 3.05) is 11.9 Å². The highest BCUT2D eigenvalue weighted by molar-refractivity contribution is 6.31. The molecule has 0 spiro atoms. The van der Waals surface area contributed by atoms with Gasteiger partial charge in [0.1, 0.15) is 0 Å².